The molecule has 108 valence electrons. The molecule has 1 aromatic carbocycles. The first-order valence-electron chi connectivity index (χ1n) is 7.01. The van der Waals surface area contributed by atoms with Crippen LogP contribution in [0.25, 0.3) is 0 Å². The van der Waals surface area contributed by atoms with Gasteiger partial charge in [0.15, 0.2) is 0 Å². The topological polar surface area (TPSA) is 9.23 Å². The van der Waals surface area contributed by atoms with E-state index in [-0.39, 0.29) is 10.3 Å². The van der Waals surface area contributed by atoms with E-state index in [1.807, 2.05) is 13.0 Å². The summed E-state index contributed by atoms with van der Waals surface area (Å²) in [5.74, 6) is 0.960. The highest BCUT2D eigenvalue weighted by molar-refractivity contribution is 7.86. The van der Waals surface area contributed by atoms with Gasteiger partial charge in [-0.1, -0.05) is 13.3 Å². The van der Waals surface area contributed by atoms with Gasteiger partial charge in [0.1, 0.15) is 5.75 Å². The molecule has 0 N–H and O–H groups in total. The second kappa shape index (κ2) is 5.44. The van der Waals surface area contributed by atoms with E-state index in [0.717, 1.165) is 5.75 Å². The summed E-state index contributed by atoms with van der Waals surface area (Å²) in [4.78, 5) is 0. The molecule has 0 heterocycles. The summed E-state index contributed by atoms with van der Waals surface area (Å²) in [6, 6.07) is 8.54. The number of benzene rings is 1. The van der Waals surface area contributed by atoms with E-state index < -0.39 is 7.26 Å². The minimum absolute atomic E-state index is 0.177. The molecule has 0 saturated carbocycles. The molecule has 0 aromatic heterocycles. The zero-order chi connectivity index (χ0) is 14.9. The van der Waals surface area contributed by atoms with Gasteiger partial charge < -0.3 is 4.74 Å². The predicted octanol–water partition coefficient (Wildman–Crippen LogP) is 5.12. The van der Waals surface area contributed by atoms with Crippen LogP contribution in [0.2, 0.25) is 0 Å². The third-order valence-corrected chi connectivity index (χ3v) is 9.60. The Hall–Kier alpha value is -0.550. The first kappa shape index (κ1) is 16.5. The molecule has 1 rings (SSSR count). The fraction of sp³-hybridized carbons (Fsp3) is 0.588. The predicted molar refractivity (Wildman–Crippen MR) is 89.0 cm³/mol. The van der Waals surface area contributed by atoms with Crippen molar-refractivity contribution in [2.45, 2.75) is 58.8 Å². The summed E-state index contributed by atoms with van der Waals surface area (Å²) in [7, 11) is -1.57. The molecule has 0 bridgehead atoms. The van der Waals surface area contributed by atoms with Gasteiger partial charge >= 0.3 is 0 Å². The lowest BCUT2D eigenvalue weighted by atomic mass is 10.2. The summed E-state index contributed by atoms with van der Waals surface area (Å²) in [6.45, 7) is 21.3. The Morgan fingerprint density at radius 2 is 1.58 bits per heavy atom. The highest BCUT2D eigenvalue weighted by Crippen LogP contribution is 2.74. The van der Waals surface area contributed by atoms with Crippen LogP contribution in [0.3, 0.4) is 0 Å². The van der Waals surface area contributed by atoms with Crippen LogP contribution in [0.4, 0.5) is 0 Å². The Morgan fingerprint density at radius 3 is 2.00 bits per heavy atom. The van der Waals surface area contributed by atoms with E-state index in [2.05, 4.69) is 59.7 Å². The second-order valence-electron chi connectivity index (χ2n) is 7.08. The Balaban J connectivity index is 3.39. The molecule has 0 amide bonds. The molecule has 0 aliphatic heterocycles. The fourth-order valence-electron chi connectivity index (χ4n) is 2.76. The highest BCUT2D eigenvalue weighted by atomic mass is 31.2. The number of hydrogen-bond donors (Lipinski definition) is 0. The zero-order valence-corrected chi connectivity index (χ0v) is 14.5. The standard InChI is InChI=1S/C17H29OP/c1-9-18-14-11-10-12-15(13-14)19(8,16(2,3)4)17(5,6)7/h10-13H,8-9H2,1-7H3. The van der Waals surface area contributed by atoms with Gasteiger partial charge in [-0.3, -0.25) is 0 Å². The van der Waals surface area contributed by atoms with E-state index >= 15 is 0 Å². The molecule has 2 heteroatoms. The van der Waals surface area contributed by atoms with Crippen LogP contribution in [-0.2, 0) is 0 Å². The van der Waals surface area contributed by atoms with Crippen molar-refractivity contribution in [2.24, 2.45) is 0 Å². The van der Waals surface area contributed by atoms with Gasteiger partial charge in [0.25, 0.3) is 0 Å². The van der Waals surface area contributed by atoms with Gasteiger partial charge in [0.2, 0.25) is 0 Å². The van der Waals surface area contributed by atoms with Gasteiger partial charge in [0.05, 0.1) is 22.2 Å². The smallest absolute Gasteiger partial charge is 0.123 e. The third kappa shape index (κ3) is 3.14. The average Bonchev–Trinajstić information content (AvgIpc) is 2.25. The van der Waals surface area contributed by atoms with Crippen molar-refractivity contribution < 1.29 is 4.74 Å². The lowest BCUT2D eigenvalue weighted by molar-refractivity contribution is 0.340. The molecule has 0 spiro atoms. The lowest BCUT2D eigenvalue weighted by Gasteiger charge is -2.50. The first-order valence-corrected chi connectivity index (χ1v) is 8.98. The van der Waals surface area contributed by atoms with Crippen molar-refractivity contribution in [3.05, 3.63) is 30.9 Å². The minimum Gasteiger partial charge on any atom is -0.494 e. The van der Waals surface area contributed by atoms with Crippen LogP contribution in [-0.4, -0.2) is 16.9 Å². The van der Waals surface area contributed by atoms with Crippen molar-refractivity contribution in [1.29, 1.82) is 0 Å². The van der Waals surface area contributed by atoms with E-state index in [0.29, 0.717) is 6.61 Å². The monoisotopic (exact) mass is 280 g/mol. The van der Waals surface area contributed by atoms with Gasteiger partial charge in [-0.25, -0.2) is 0 Å². The molecular weight excluding hydrogens is 251 g/mol. The largest absolute Gasteiger partial charge is 0.494 e. The molecule has 0 radical (unpaired) electrons. The molecule has 0 atom stereocenters. The van der Waals surface area contributed by atoms with Gasteiger partial charge in [-0.05, 0) is 60.6 Å². The Bertz CT molecular complexity index is 410. The maximum atomic E-state index is 5.66. The third-order valence-electron chi connectivity index (χ3n) is 3.86. The number of ether oxygens (including phenoxy) is 1. The van der Waals surface area contributed by atoms with E-state index in [1.165, 1.54) is 5.30 Å². The maximum Gasteiger partial charge on any atom is 0.123 e. The van der Waals surface area contributed by atoms with Crippen LogP contribution < -0.4 is 10.0 Å². The Morgan fingerprint density at radius 1 is 1.05 bits per heavy atom. The zero-order valence-electron chi connectivity index (χ0n) is 13.6. The Kier molecular flexibility index (Phi) is 4.73. The molecular formula is C17H29OP. The lowest BCUT2D eigenvalue weighted by Crippen LogP contribution is -2.38. The molecule has 0 saturated heterocycles. The quantitative estimate of drug-likeness (QED) is 0.552. The summed E-state index contributed by atoms with van der Waals surface area (Å²) in [6.07, 6.45) is 0. The SMILES string of the molecule is [CH2-][P+](c1cccc(OCC)c1)(C(C)(C)C)C(C)(C)C. The van der Waals surface area contributed by atoms with Gasteiger partial charge in [0, 0.05) is 6.07 Å². The minimum atomic E-state index is -1.57. The van der Waals surface area contributed by atoms with Gasteiger partial charge in [-0.15, -0.1) is 0 Å². The first-order chi connectivity index (χ1) is 8.54. The fourth-order valence-corrected chi connectivity index (χ4v) is 7.01. The van der Waals surface area contributed by atoms with Crippen LogP contribution in [0, 0.1) is 6.66 Å². The van der Waals surface area contributed by atoms with E-state index in [1.54, 1.807) is 0 Å². The normalized spacial score (nSPS) is 13.5. The second-order valence-corrected chi connectivity index (χ2v) is 11.9. The maximum absolute atomic E-state index is 5.66. The van der Waals surface area contributed by atoms with Crippen molar-refractivity contribution in [1.82, 2.24) is 0 Å². The van der Waals surface area contributed by atoms with E-state index in [9.17, 15) is 0 Å². The van der Waals surface area contributed by atoms with E-state index in [4.69, 9.17) is 11.4 Å². The molecule has 19 heavy (non-hydrogen) atoms. The van der Waals surface area contributed by atoms with Gasteiger partial charge in [-0.2, -0.15) is 6.66 Å². The van der Waals surface area contributed by atoms with Crippen LogP contribution in [0.5, 0.6) is 5.75 Å². The summed E-state index contributed by atoms with van der Waals surface area (Å²) in [5.41, 5.74) is 0. The Labute approximate surface area is 120 Å². The number of rotatable bonds is 3. The van der Waals surface area contributed by atoms with Crippen molar-refractivity contribution in [3.8, 4) is 5.75 Å². The summed E-state index contributed by atoms with van der Waals surface area (Å²) < 4.78 is 5.66. The average molecular weight is 280 g/mol. The highest BCUT2D eigenvalue weighted by Gasteiger charge is 2.49. The van der Waals surface area contributed by atoms with Crippen molar-refractivity contribution in [3.63, 3.8) is 0 Å². The van der Waals surface area contributed by atoms with Crippen molar-refractivity contribution >= 4 is 12.6 Å². The van der Waals surface area contributed by atoms with Crippen LogP contribution >= 0.6 is 7.26 Å². The van der Waals surface area contributed by atoms with Crippen LogP contribution in [0.1, 0.15) is 48.5 Å². The van der Waals surface area contributed by atoms with Crippen molar-refractivity contribution in [2.75, 3.05) is 6.61 Å². The summed E-state index contributed by atoms with van der Waals surface area (Å²) >= 11 is 0. The molecule has 0 aliphatic rings. The molecule has 0 fully saturated rings. The molecule has 0 aliphatic carbocycles. The molecule has 0 unspecified atom stereocenters. The molecule has 1 nitrogen and oxygen atoms in total. The summed E-state index contributed by atoms with van der Waals surface area (Å²) in [5, 5.41) is 1.71. The van der Waals surface area contributed by atoms with Crippen LogP contribution in [0.15, 0.2) is 24.3 Å². The number of hydrogen-bond acceptors (Lipinski definition) is 1. The molecule has 1 aromatic rings.